The number of hydrogen-bond acceptors (Lipinski definition) is 5. The SMILES string of the molecule is COCc1nsc(NCC2(Cc3ccccc3)CC2)n1. The summed E-state index contributed by atoms with van der Waals surface area (Å²) in [5.41, 5.74) is 1.83. The summed E-state index contributed by atoms with van der Waals surface area (Å²) in [6, 6.07) is 10.7. The van der Waals surface area contributed by atoms with Crippen molar-refractivity contribution in [1.29, 1.82) is 0 Å². The van der Waals surface area contributed by atoms with E-state index in [1.165, 1.54) is 29.9 Å². The van der Waals surface area contributed by atoms with Gasteiger partial charge in [0.15, 0.2) is 5.82 Å². The minimum atomic E-state index is 0.411. The van der Waals surface area contributed by atoms with Gasteiger partial charge in [0.05, 0.1) is 0 Å². The van der Waals surface area contributed by atoms with E-state index in [-0.39, 0.29) is 0 Å². The first kappa shape index (κ1) is 13.5. The van der Waals surface area contributed by atoms with Gasteiger partial charge in [-0.3, -0.25) is 0 Å². The molecule has 1 aliphatic carbocycles. The van der Waals surface area contributed by atoms with Gasteiger partial charge in [-0.15, -0.1) is 0 Å². The molecule has 0 saturated heterocycles. The van der Waals surface area contributed by atoms with Crippen molar-refractivity contribution in [2.45, 2.75) is 25.9 Å². The molecule has 1 heterocycles. The average molecular weight is 289 g/mol. The second-order valence-electron chi connectivity index (χ2n) is 5.46. The molecule has 1 aromatic heterocycles. The third kappa shape index (κ3) is 3.35. The zero-order valence-electron chi connectivity index (χ0n) is 11.6. The molecule has 2 aromatic rings. The Labute approximate surface area is 123 Å². The van der Waals surface area contributed by atoms with Gasteiger partial charge in [-0.1, -0.05) is 30.3 Å². The maximum Gasteiger partial charge on any atom is 0.202 e. The molecule has 0 aliphatic heterocycles. The molecule has 0 amide bonds. The van der Waals surface area contributed by atoms with Crippen LogP contribution in [0.5, 0.6) is 0 Å². The smallest absolute Gasteiger partial charge is 0.202 e. The number of rotatable bonds is 7. The molecule has 1 fully saturated rings. The lowest BCUT2D eigenvalue weighted by Crippen LogP contribution is -2.17. The lowest BCUT2D eigenvalue weighted by atomic mass is 9.96. The van der Waals surface area contributed by atoms with E-state index >= 15 is 0 Å². The van der Waals surface area contributed by atoms with Crippen molar-refractivity contribution >= 4 is 16.7 Å². The van der Waals surface area contributed by atoms with Crippen LogP contribution in [0.15, 0.2) is 30.3 Å². The number of anilines is 1. The Bertz CT molecular complexity index is 551. The molecule has 0 radical (unpaired) electrons. The fourth-order valence-electron chi connectivity index (χ4n) is 2.40. The van der Waals surface area contributed by atoms with E-state index in [1.807, 2.05) is 0 Å². The van der Waals surface area contributed by atoms with Crippen LogP contribution in [0, 0.1) is 5.41 Å². The highest BCUT2D eigenvalue weighted by Gasteiger charge is 2.42. The minimum Gasteiger partial charge on any atom is -0.377 e. The number of aromatic nitrogens is 2. The molecule has 20 heavy (non-hydrogen) atoms. The second-order valence-corrected chi connectivity index (χ2v) is 6.22. The van der Waals surface area contributed by atoms with Crippen molar-refractivity contribution < 1.29 is 4.74 Å². The van der Waals surface area contributed by atoms with E-state index in [1.54, 1.807) is 7.11 Å². The van der Waals surface area contributed by atoms with Gasteiger partial charge in [0.25, 0.3) is 0 Å². The highest BCUT2D eigenvalue weighted by atomic mass is 32.1. The standard InChI is InChI=1S/C15H19N3OS/c1-19-10-13-17-14(20-18-13)16-11-15(7-8-15)9-12-5-3-2-4-6-12/h2-6H,7-11H2,1H3,(H,16,17,18). The first-order valence-electron chi connectivity index (χ1n) is 6.89. The first-order valence-corrected chi connectivity index (χ1v) is 7.66. The van der Waals surface area contributed by atoms with E-state index in [9.17, 15) is 0 Å². The summed E-state index contributed by atoms with van der Waals surface area (Å²) in [6.45, 7) is 1.46. The number of nitrogens with one attached hydrogen (secondary N) is 1. The van der Waals surface area contributed by atoms with Gasteiger partial charge < -0.3 is 10.1 Å². The highest BCUT2D eigenvalue weighted by Crippen LogP contribution is 2.48. The molecular weight excluding hydrogens is 270 g/mol. The van der Waals surface area contributed by atoms with Crippen LogP contribution >= 0.6 is 11.5 Å². The minimum absolute atomic E-state index is 0.411. The summed E-state index contributed by atoms with van der Waals surface area (Å²) in [4.78, 5) is 4.41. The van der Waals surface area contributed by atoms with Crippen LogP contribution in [0.3, 0.4) is 0 Å². The van der Waals surface area contributed by atoms with Gasteiger partial charge in [0.1, 0.15) is 6.61 Å². The maximum atomic E-state index is 5.03. The van der Waals surface area contributed by atoms with E-state index < -0.39 is 0 Å². The molecule has 0 bridgehead atoms. The predicted molar refractivity (Wildman–Crippen MR) is 80.9 cm³/mol. The molecule has 5 heteroatoms. The number of ether oxygens (including phenoxy) is 1. The van der Waals surface area contributed by atoms with Crippen LogP contribution in [-0.2, 0) is 17.8 Å². The first-order chi connectivity index (χ1) is 9.80. The van der Waals surface area contributed by atoms with Gasteiger partial charge in [-0.05, 0) is 30.2 Å². The molecule has 106 valence electrons. The lowest BCUT2D eigenvalue weighted by Gasteiger charge is -2.15. The molecule has 1 aliphatic rings. The summed E-state index contributed by atoms with van der Waals surface area (Å²) in [7, 11) is 1.66. The Morgan fingerprint density at radius 3 is 2.80 bits per heavy atom. The third-order valence-corrected chi connectivity index (χ3v) is 4.45. The number of hydrogen-bond donors (Lipinski definition) is 1. The van der Waals surface area contributed by atoms with Gasteiger partial charge in [0.2, 0.25) is 5.13 Å². The summed E-state index contributed by atoms with van der Waals surface area (Å²) in [6.07, 6.45) is 3.72. The van der Waals surface area contributed by atoms with E-state index in [0.717, 1.165) is 23.9 Å². The van der Waals surface area contributed by atoms with Crippen LogP contribution in [0.4, 0.5) is 5.13 Å². The Morgan fingerprint density at radius 2 is 2.10 bits per heavy atom. The molecule has 4 nitrogen and oxygen atoms in total. The van der Waals surface area contributed by atoms with E-state index in [2.05, 4.69) is 45.0 Å². The maximum absolute atomic E-state index is 5.03. The van der Waals surface area contributed by atoms with Gasteiger partial charge in [0, 0.05) is 25.2 Å². The molecule has 0 spiro atoms. The van der Waals surface area contributed by atoms with Gasteiger partial charge >= 0.3 is 0 Å². The average Bonchev–Trinajstić information content (AvgIpc) is 3.08. The van der Waals surface area contributed by atoms with Crippen molar-refractivity contribution in [1.82, 2.24) is 9.36 Å². The Kier molecular flexibility index (Phi) is 3.98. The van der Waals surface area contributed by atoms with Gasteiger partial charge in [-0.25, -0.2) is 4.98 Å². The zero-order valence-corrected chi connectivity index (χ0v) is 12.4. The number of methoxy groups -OCH3 is 1. The predicted octanol–water partition coefficient (Wildman–Crippen LogP) is 3.12. The molecule has 1 N–H and O–H groups in total. The highest BCUT2D eigenvalue weighted by molar-refractivity contribution is 7.09. The fraction of sp³-hybridized carbons (Fsp3) is 0.467. The van der Waals surface area contributed by atoms with Crippen LogP contribution in [0.25, 0.3) is 0 Å². The summed E-state index contributed by atoms with van der Waals surface area (Å²) >= 11 is 1.41. The van der Waals surface area contributed by atoms with Crippen LogP contribution in [0.2, 0.25) is 0 Å². The van der Waals surface area contributed by atoms with Crippen LogP contribution in [-0.4, -0.2) is 23.0 Å². The molecule has 0 unspecified atom stereocenters. The Morgan fingerprint density at radius 1 is 1.30 bits per heavy atom. The molecular formula is C15H19N3OS. The lowest BCUT2D eigenvalue weighted by molar-refractivity contribution is 0.179. The van der Waals surface area contributed by atoms with Gasteiger partial charge in [-0.2, -0.15) is 4.37 Å². The monoisotopic (exact) mass is 289 g/mol. The normalized spacial score (nSPS) is 16.1. The zero-order chi connectivity index (χ0) is 13.8. The topological polar surface area (TPSA) is 47.0 Å². The summed E-state index contributed by atoms with van der Waals surface area (Å²) in [5, 5.41) is 4.34. The fourth-order valence-corrected chi connectivity index (χ4v) is 2.97. The van der Waals surface area contributed by atoms with E-state index in [0.29, 0.717) is 12.0 Å². The molecule has 1 aromatic carbocycles. The molecule has 3 rings (SSSR count). The van der Waals surface area contributed by atoms with Crippen LogP contribution < -0.4 is 5.32 Å². The second kappa shape index (κ2) is 5.89. The van der Waals surface area contributed by atoms with Crippen molar-refractivity contribution in [2.24, 2.45) is 5.41 Å². The largest absolute Gasteiger partial charge is 0.377 e. The van der Waals surface area contributed by atoms with Crippen LogP contribution in [0.1, 0.15) is 24.2 Å². The molecule has 1 saturated carbocycles. The summed E-state index contributed by atoms with van der Waals surface area (Å²) < 4.78 is 9.29. The third-order valence-electron chi connectivity index (χ3n) is 3.74. The quantitative estimate of drug-likeness (QED) is 0.850. The van der Waals surface area contributed by atoms with Crippen molar-refractivity contribution in [2.75, 3.05) is 19.0 Å². The summed E-state index contributed by atoms with van der Waals surface area (Å²) in [5.74, 6) is 0.757. The number of nitrogens with zero attached hydrogens (tertiary/aromatic N) is 2. The Hall–Kier alpha value is -1.46. The van der Waals surface area contributed by atoms with E-state index in [4.69, 9.17) is 4.74 Å². The van der Waals surface area contributed by atoms with Crippen molar-refractivity contribution in [3.05, 3.63) is 41.7 Å². The van der Waals surface area contributed by atoms with Crippen molar-refractivity contribution in [3.8, 4) is 0 Å². The molecule has 0 atom stereocenters. The van der Waals surface area contributed by atoms with Crippen molar-refractivity contribution in [3.63, 3.8) is 0 Å². The number of benzene rings is 1. The Balaban J connectivity index is 1.54.